The number of rotatable bonds is 5. The predicted molar refractivity (Wildman–Crippen MR) is 233 cm³/mol. The number of thiophene rings is 2. The third-order valence-electron chi connectivity index (χ3n) is 10.6. The number of hydrogen-bond donors (Lipinski definition) is 0. The van der Waals surface area contributed by atoms with Gasteiger partial charge >= 0.3 is 0 Å². The molecular weight excluding hydrogens is 679 g/mol. The van der Waals surface area contributed by atoms with Crippen molar-refractivity contribution in [2.75, 3.05) is 4.90 Å². The Bertz CT molecular complexity index is 3060. The van der Waals surface area contributed by atoms with Gasteiger partial charge in [-0.15, -0.1) is 22.7 Å². The number of benzene rings is 9. The number of anilines is 3. The predicted octanol–water partition coefficient (Wildman–Crippen LogP) is 15.5. The highest BCUT2D eigenvalue weighted by Crippen LogP contribution is 2.44. The van der Waals surface area contributed by atoms with Gasteiger partial charge in [-0.25, -0.2) is 0 Å². The molecule has 11 rings (SSSR count). The molecule has 0 saturated carbocycles. The molecule has 0 aliphatic rings. The van der Waals surface area contributed by atoms with E-state index in [4.69, 9.17) is 0 Å². The average Bonchev–Trinajstić information content (AvgIpc) is 3.79. The topological polar surface area (TPSA) is 3.24 Å². The van der Waals surface area contributed by atoms with Crippen molar-refractivity contribution in [3.8, 4) is 22.3 Å². The lowest BCUT2D eigenvalue weighted by atomic mass is 9.94. The molecule has 0 fully saturated rings. The van der Waals surface area contributed by atoms with Gasteiger partial charge in [0.25, 0.3) is 0 Å². The molecule has 0 radical (unpaired) electrons. The summed E-state index contributed by atoms with van der Waals surface area (Å²) in [6.45, 7) is 0. The first-order chi connectivity index (χ1) is 26.2. The second-order valence-electron chi connectivity index (χ2n) is 13.7. The van der Waals surface area contributed by atoms with E-state index in [9.17, 15) is 0 Å². The lowest BCUT2D eigenvalue weighted by Gasteiger charge is -2.26. The fourth-order valence-electron chi connectivity index (χ4n) is 8.00. The fraction of sp³-hybridized carbons (Fsp3) is 0. The molecule has 9 aromatic carbocycles. The Labute approximate surface area is 315 Å². The zero-order valence-corrected chi connectivity index (χ0v) is 30.3. The summed E-state index contributed by atoms with van der Waals surface area (Å²) in [6.07, 6.45) is 0. The summed E-state index contributed by atoms with van der Waals surface area (Å²) in [7, 11) is 0. The van der Waals surface area contributed by atoms with Crippen LogP contribution in [0.25, 0.3) is 84.1 Å². The lowest BCUT2D eigenvalue weighted by molar-refractivity contribution is 1.30. The van der Waals surface area contributed by atoms with Crippen molar-refractivity contribution in [3.63, 3.8) is 0 Å². The van der Waals surface area contributed by atoms with Crippen molar-refractivity contribution >= 4 is 102 Å². The fourth-order valence-corrected chi connectivity index (χ4v) is 10.3. The van der Waals surface area contributed by atoms with Gasteiger partial charge in [0.15, 0.2) is 0 Å². The molecule has 248 valence electrons. The summed E-state index contributed by atoms with van der Waals surface area (Å²) < 4.78 is 5.24. The summed E-state index contributed by atoms with van der Waals surface area (Å²) in [4.78, 5) is 2.41. The van der Waals surface area contributed by atoms with Crippen LogP contribution in [0.5, 0.6) is 0 Å². The second-order valence-corrected chi connectivity index (χ2v) is 15.9. The molecule has 0 spiro atoms. The van der Waals surface area contributed by atoms with Crippen LogP contribution in [0.3, 0.4) is 0 Å². The summed E-state index contributed by atoms with van der Waals surface area (Å²) in [5.74, 6) is 0. The van der Waals surface area contributed by atoms with Gasteiger partial charge < -0.3 is 4.90 Å². The van der Waals surface area contributed by atoms with Crippen LogP contribution in [0.2, 0.25) is 0 Å². The van der Waals surface area contributed by atoms with E-state index in [2.05, 4.69) is 193 Å². The van der Waals surface area contributed by atoms with Crippen LogP contribution >= 0.6 is 22.7 Å². The summed E-state index contributed by atoms with van der Waals surface area (Å²) in [5.41, 5.74) is 8.34. The molecule has 2 aromatic heterocycles. The van der Waals surface area contributed by atoms with Gasteiger partial charge in [-0.3, -0.25) is 0 Å². The van der Waals surface area contributed by atoms with Crippen LogP contribution in [0, 0.1) is 0 Å². The highest BCUT2D eigenvalue weighted by atomic mass is 32.1. The quantitative estimate of drug-likeness (QED) is 0.161. The molecule has 2 heterocycles. The first kappa shape index (κ1) is 30.4. The Morgan fingerprint density at radius 1 is 0.264 bits per heavy atom. The van der Waals surface area contributed by atoms with Crippen molar-refractivity contribution in [1.82, 2.24) is 0 Å². The van der Waals surface area contributed by atoms with E-state index < -0.39 is 0 Å². The highest BCUT2D eigenvalue weighted by Gasteiger charge is 2.17. The van der Waals surface area contributed by atoms with Crippen LogP contribution < -0.4 is 4.90 Å². The van der Waals surface area contributed by atoms with Gasteiger partial charge in [0.1, 0.15) is 0 Å². The monoisotopic (exact) mass is 709 g/mol. The highest BCUT2D eigenvalue weighted by molar-refractivity contribution is 7.26. The van der Waals surface area contributed by atoms with E-state index in [1.807, 2.05) is 22.7 Å². The standard InChI is InChI=1S/C50H31NS2/c1-2-8-32(9-3-1)36-18-16-34-14-15-35-17-19-37(29-46(35)45(34)28-36)33-20-22-38(23-21-33)51(39-24-26-43-41-10-4-6-12-47(41)52-49(43)30-39)40-25-27-44-42-11-5-7-13-48(42)53-50(44)31-40/h1-31H. The lowest BCUT2D eigenvalue weighted by Crippen LogP contribution is -2.09. The summed E-state index contributed by atoms with van der Waals surface area (Å²) in [5, 5.41) is 10.3. The maximum absolute atomic E-state index is 2.41. The molecule has 53 heavy (non-hydrogen) atoms. The minimum atomic E-state index is 1.13. The third kappa shape index (κ3) is 5.12. The Morgan fingerprint density at radius 2 is 0.679 bits per heavy atom. The molecule has 1 nitrogen and oxygen atoms in total. The van der Waals surface area contributed by atoms with Crippen LogP contribution in [0.1, 0.15) is 0 Å². The van der Waals surface area contributed by atoms with Crippen LogP contribution in [0.4, 0.5) is 17.1 Å². The smallest absolute Gasteiger partial charge is 0.0476 e. The molecule has 0 N–H and O–H groups in total. The van der Waals surface area contributed by atoms with E-state index in [0.717, 1.165) is 17.1 Å². The van der Waals surface area contributed by atoms with Gasteiger partial charge in [-0.1, -0.05) is 127 Å². The van der Waals surface area contributed by atoms with Crippen molar-refractivity contribution in [3.05, 3.63) is 188 Å². The van der Waals surface area contributed by atoms with Crippen molar-refractivity contribution in [2.45, 2.75) is 0 Å². The van der Waals surface area contributed by atoms with Crippen LogP contribution in [-0.4, -0.2) is 0 Å². The minimum Gasteiger partial charge on any atom is -0.310 e. The molecule has 0 saturated heterocycles. The second kappa shape index (κ2) is 12.2. The van der Waals surface area contributed by atoms with Gasteiger partial charge in [0, 0.05) is 57.4 Å². The van der Waals surface area contributed by atoms with E-state index in [-0.39, 0.29) is 0 Å². The molecule has 0 bridgehead atoms. The number of nitrogens with zero attached hydrogens (tertiary/aromatic N) is 1. The van der Waals surface area contributed by atoms with Gasteiger partial charge in [0.05, 0.1) is 0 Å². The normalized spacial score (nSPS) is 11.8. The average molecular weight is 710 g/mol. The third-order valence-corrected chi connectivity index (χ3v) is 12.9. The van der Waals surface area contributed by atoms with Crippen molar-refractivity contribution in [1.29, 1.82) is 0 Å². The Balaban J connectivity index is 1.03. The number of hydrogen-bond acceptors (Lipinski definition) is 3. The molecule has 0 atom stereocenters. The molecule has 11 aromatic rings. The zero-order chi connectivity index (χ0) is 34.9. The Kier molecular flexibility index (Phi) is 6.97. The molecule has 3 heteroatoms. The van der Waals surface area contributed by atoms with Crippen molar-refractivity contribution < 1.29 is 0 Å². The maximum atomic E-state index is 2.41. The molecule has 0 aliphatic heterocycles. The minimum absolute atomic E-state index is 1.13. The summed E-state index contributed by atoms with van der Waals surface area (Å²) >= 11 is 3.73. The van der Waals surface area contributed by atoms with E-state index in [0.29, 0.717) is 0 Å². The van der Waals surface area contributed by atoms with Crippen LogP contribution in [-0.2, 0) is 0 Å². The van der Waals surface area contributed by atoms with Crippen molar-refractivity contribution in [2.24, 2.45) is 0 Å². The molecule has 0 unspecified atom stereocenters. The maximum Gasteiger partial charge on any atom is 0.0476 e. The van der Waals surface area contributed by atoms with Gasteiger partial charge in [-0.2, -0.15) is 0 Å². The van der Waals surface area contributed by atoms with Gasteiger partial charge in [-0.05, 0) is 104 Å². The molecule has 0 amide bonds. The summed E-state index contributed by atoms with van der Waals surface area (Å²) in [6, 6.07) is 69.3. The van der Waals surface area contributed by atoms with E-state index in [1.165, 1.54) is 84.1 Å². The Hall–Kier alpha value is -6.26. The first-order valence-corrected chi connectivity index (χ1v) is 19.6. The van der Waals surface area contributed by atoms with Crippen LogP contribution in [0.15, 0.2) is 188 Å². The first-order valence-electron chi connectivity index (χ1n) is 18.0. The largest absolute Gasteiger partial charge is 0.310 e. The van der Waals surface area contributed by atoms with E-state index in [1.54, 1.807) is 0 Å². The molecule has 0 aliphatic carbocycles. The van der Waals surface area contributed by atoms with Gasteiger partial charge in [0.2, 0.25) is 0 Å². The zero-order valence-electron chi connectivity index (χ0n) is 28.7. The van der Waals surface area contributed by atoms with E-state index >= 15 is 0 Å². The number of fused-ring (bicyclic) bond motifs is 9. The SMILES string of the molecule is c1ccc(-c2ccc3ccc4ccc(-c5ccc(N(c6ccc7c(c6)sc6ccccc67)c6ccc7c(c6)sc6ccccc67)cc5)cc4c3c2)cc1. The molecular formula is C50H31NS2. The Morgan fingerprint density at radius 3 is 1.23 bits per heavy atom.